The lowest BCUT2D eigenvalue weighted by Gasteiger charge is -2.06. The average molecular weight is 189 g/mol. The van der Waals surface area contributed by atoms with Gasteiger partial charge in [0.25, 0.3) is 0 Å². The zero-order valence-corrected chi connectivity index (χ0v) is 8.36. The molecule has 72 valence electrons. The Labute approximate surface area is 83.0 Å². The van der Waals surface area contributed by atoms with Gasteiger partial charge in [0.15, 0.2) is 0 Å². The van der Waals surface area contributed by atoms with Gasteiger partial charge in [-0.05, 0) is 12.1 Å². The Kier molecular flexibility index (Phi) is 2.37. The van der Waals surface area contributed by atoms with Crippen LogP contribution in [0.3, 0.4) is 0 Å². The molecular formula is C10H13N4+. The van der Waals surface area contributed by atoms with Crippen molar-refractivity contribution in [2.24, 2.45) is 10.2 Å². The minimum Gasteiger partial charge on any atom is -0.261 e. The Morgan fingerprint density at radius 2 is 2.14 bits per heavy atom. The van der Waals surface area contributed by atoms with Gasteiger partial charge in [-0.3, -0.25) is 4.98 Å². The van der Waals surface area contributed by atoms with E-state index in [-0.39, 0.29) is 0 Å². The van der Waals surface area contributed by atoms with Gasteiger partial charge >= 0.3 is 0 Å². The van der Waals surface area contributed by atoms with E-state index in [4.69, 9.17) is 0 Å². The molecule has 1 atom stereocenters. The lowest BCUT2D eigenvalue weighted by molar-refractivity contribution is -0.674. The highest BCUT2D eigenvalue weighted by atomic mass is 15.4. The molecule has 0 spiro atoms. The third kappa shape index (κ3) is 1.70. The molecule has 4 nitrogen and oxygen atoms in total. The molecule has 0 aromatic carbocycles. The number of likely N-dealkylation sites (N-methyl/N-ethyl adjacent to an activating group) is 1. The van der Waals surface area contributed by atoms with Crippen molar-refractivity contribution in [3.63, 3.8) is 0 Å². The molecular weight excluding hydrogens is 176 g/mol. The predicted octanol–water partition coefficient (Wildman–Crippen LogP) is -0.116. The van der Waals surface area contributed by atoms with Gasteiger partial charge in [0.05, 0.1) is 19.2 Å². The summed E-state index contributed by atoms with van der Waals surface area (Å²) in [4.78, 5) is 5.43. The van der Waals surface area contributed by atoms with Crippen molar-refractivity contribution < 1.29 is 4.90 Å². The Morgan fingerprint density at radius 3 is 2.71 bits per heavy atom. The first-order valence-electron chi connectivity index (χ1n) is 4.62. The van der Waals surface area contributed by atoms with E-state index >= 15 is 0 Å². The van der Waals surface area contributed by atoms with Crippen molar-refractivity contribution in [3.05, 3.63) is 30.1 Å². The van der Waals surface area contributed by atoms with E-state index in [1.165, 1.54) is 4.90 Å². The maximum atomic E-state index is 4.26. The number of nitrogens with zero attached hydrogens (tertiary/aromatic N) is 3. The first-order chi connectivity index (χ1) is 6.77. The second kappa shape index (κ2) is 3.67. The van der Waals surface area contributed by atoms with Crippen LogP contribution in [0.2, 0.25) is 0 Å². The topological polar surface area (TPSA) is 42.0 Å². The molecule has 2 rings (SSSR count). The molecule has 1 aliphatic rings. The van der Waals surface area contributed by atoms with Crippen molar-refractivity contribution in [3.8, 4) is 0 Å². The zero-order valence-electron chi connectivity index (χ0n) is 8.36. The second-order valence-electron chi connectivity index (χ2n) is 3.35. The molecule has 1 aromatic heterocycles. The monoisotopic (exact) mass is 189 g/mol. The van der Waals surface area contributed by atoms with Crippen molar-refractivity contribution >= 4 is 11.7 Å². The average Bonchev–Trinajstić information content (AvgIpc) is 2.52. The van der Waals surface area contributed by atoms with E-state index in [2.05, 4.69) is 15.2 Å². The number of amidine groups is 2. The predicted molar refractivity (Wildman–Crippen MR) is 55.4 cm³/mol. The van der Waals surface area contributed by atoms with Crippen LogP contribution < -0.4 is 4.90 Å². The van der Waals surface area contributed by atoms with Gasteiger partial charge in [-0.15, -0.1) is 0 Å². The normalized spacial score (nSPS) is 20.6. The summed E-state index contributed by atoms with van der Waals surface area (Å²) in [5, 5.41) is 8.16. The molecule has 1 aromatic rings. The SMILES string of the molecule is CC1=NN=C(Cc2ccccn2)[NH+]1C. The van der Waals surface area contributed by atoms with Gasteiger partial charge < -0.3 is 0 Å². The molecule has 0 fully saturated rings. The molecule has 1 aliphatic heterocycles. The summed E-state index contributed by atoms with van der Waals surface area (Å²) in [6.07, 6.45) is 2.57. The first-order valence-corrected chi connectivity index (χ1v) is 4.62. The number of rotatable bonds is 2. The summed E-state index contributed by atoms with van der Waals surface area (Å²) >= 11 is 0. The lowest BCUT2D eigenvalue weighted by Crippen LogP contribution is -3.13. The van der Waals surface area contributed by atoms with E-state index in [1.807, 2.05) is 32.2 Å². The number of pyridine rings is 1. The standard InChI is InChI=1S/C10H12N4/c1-8-12-13-10(14(8)2)7-9-5-3-4-6-11-9/h3-6H,7H2,1-2H3/p+1. The summed E-state index contributed by atoms with van der Waals surface area (Å²) in [6.45, 7) is 1.98. The second-order valence-corrected chi connectivity index (χ2v) is 3.35. The summed E-state index contributed by atoms with van der Waals surface area (Å²) in [5.74, 6) is 2.04. The third-order valence-corrected chi connectivity index (χ3v) is 2.37. The van der Waals surface area contributed by atoms with Crippen LogP contribution in [0.15, 0.2) is 34.6 Å². The number of hydrogen-bond acceptors (Lipinski definition) is 3. The minimum absolute atomic E-state index is 0.771. The Hall–Kier alpha value is -1.55. The smallest absolute Gasteiger partial charge is 0.233 e. The molecule has 0 aliphatic carbocycles. The van der Waals surface area contributed by atoms with Crippen molar-refractivity contribution in [1.82, 2.24) is 4.98 Å². The molecule has 0 bridgehead atoms. The number of hydrogen-bond donors (Lipinski definition) is 1. The quantitative estimate of drug-likeness (QED) is 0.692. The fourth-order valence-corrected chi connectivity index (χ4v) is 1.34. The van der Waals surface area contributed by atoms with Crippen LogP contribution in [-0.2, 0) is 6.42 Å². The van der Waals surface area contributed by atoms with E-state index in [1.54, 1.807) is 6.20 Å². The van der Waals surface area contributed by atoms with Crippen molar-refractivity contribution in [2.75, 3.05) is 7.05 Å². The third-order valence-electron chi connectivity index (χ3n) is 2.37. The van der Waals surface area contributed by atoms with E-state index < -0.39 is 0 Å². The number of nitrogens with one attached hydrogen (secondary N) is 1. The molecule has 0 saturated heterocycles. The summed E-state index contributed by atoms with van der Waals surface area (Å²) in [5.41, 5.74) is 1.04. The highest BCUT2D eigenvalue weighted by Gasteiger charge is 2.22. The van der Waals surface area contributed by atoms with Gasteiger partial charge in [-0.1, -0.05) is 16.3 Å². The highest BCUT2D eigenvalue weighted by molar-refractivity contribution is 5.90. The fourth-order valence-electron chi connectivity index (χ4n) is 1.34. The Balaban J connectivity index is 2.08. The Morgan fingerprint density at radius 1 is 1.29 bits per heavy atom. The van der Waals surface area contributed by atoms with Crippen LogP contribution in [0.4, 0.5) is 0 Å². The van der Waals surface area contributed by atoms with Gasteiger partial charge in [0.2, 0.25) is 11.7 Å². The van der Waals surface area contributed by atoms with Crippen LogP contribution >= 0.6 is 0 Å². The largest absolute Gasteiger partial charge is 0.261 e. The van der Waals surface area contributed by atoms with Crippen LogP contribution in [0, 0.1) is 0 Å². The maximum absolute atomic E-state index is 4.26. The lowest BCUT2D eigenvalue weighted by atomic mass is 10.2. The molecule has 0 amide bonds. The zero-order chi connectivity index (χ0) is 9.97. The summed E-state index contributed by atoms with van der Waals surface area (Å²) < 4.78 is 0. The molecule has 1 N–H and O–H groups in total. The van der Waals surface area contributed by atoms with E-state index in [0.29, 0.717) is 0 Å². The Bertz CT molecular complexity index is 380. The fraction of sp³-hybridized carbons (Fsp3) is 0.300. The molecule has 0 saturated carbocycles. The van der Waals surface area contributed by atoms with Crippen molar-refractivity contribution in [2.45, 2.75) is 13.3 Å². The van der Waals surface area contributed by atoms with Crippen LogP contribution in [0.5, 0.6) is 0 Å². The highest BCUT2D eigenvalue weighted by Crippen LogP contribution is 1.96. The van der Waals surface area contributed by atoms with Crippen LogP contribution in [0.1, 0.15) is 12.6 Å². The summed E-state index contributed by atoms with van der Waals surface area (Å²) in [6, 6.07) is 5.91. The number of aromatic nitrogens is 1. The molecule has 2 heterocycles. The van der Waals surface area contributed by atoms with Crippen LogP contribution in [0.25, 0.3) is 0 Å². The van der Waals surface area contributed by atoms with Gasteiger partial charge in [-0.25, -0.2) is 4.90 Å². The van der Waals surface area contributed by atoms with Gasteiger partial charge in [-0.2, -0.15) is 0 Å². The van der Waals surface area contributed by atoms with E-state index in [9.17, 15) is 0 Å². The number of quaternary nitrogens is 1. The van der Waals surface area contributed by atoms with Gasteiger partial charge in [0, 0.05) is 13.1 Å². The van der Waals surface area contributed by atoms with Crippen molar-refractivity contribution in [1.29, 1.82) is 0 Å². The van der Waals surface area contributed by atoms with E-state index in [0.717, 1.165) is 23.8 Å². The molecule has 1 unspecified atom stereocenters. The first kappa shape index (κ1) is 9.02. The molecule has 14 heavy (non-hydrogen) atoms. The van der Waals surface area contributed by atoms with Crippen LogP contribution in [-0.4, -0.2) is 23.7 Å². The summed E-state index contributed by atoms with van der Waals surface area (Å²) in [7, 11) is 2.05. The molecule has 0 radical (unpaired) electrons. The minimum atomic E-state index is 0.771. The van der Waals surface area contributed by atoms with Gasteiger partial charge in [0.1, 0.15) is 0 Å². The maximum Gasteiger partial charge on any atom is 0.233 e. The molecule has 4 heteroatoms.